The fourth-order valence-corrected chi connectivity index (χ4v) is 2.62. The highest BCUT2D eigenvalue weighted by Gasteiger charge is 2.33. The molecule has 3 nitrogen and oxygen atoms in total. The van der Waals surface area contributed by atoms with Crippen LogP contribution in [0.5, 0.6) is 0 Å². The number of hydrogen-bond donors (Lipinski definition) is 1. The Kier molecular flexibility index (Phi) is 3.63. The Morgan fingerprint density at radius 3 is 2.14 bits per heavy atom. The van der Waals surface area contributed by atoms with Gasteiger partial charge in [-0.15, -0.1) is 0 Å². The first kappa shape index (κ1) is 14.3. The van der Waals surface area contributed by atoms with Gasteiger partial charge >= 0.3 is 0 Å². The van der Waals surface area contributed by atoms with E-state index in [2.05, 4.69) is 4.99 Å². The van der Waals surface area contributed by atoms with Gasteiger partial charge in [0.25, 0.3) is 0 Å². The van der Waals surface area contributed by atoms with Crippen LogP contribution in [0.25, 0.3) is 5.76 Å². The lowest BCUT2D eigenvalue weighted by Crippen LogP contribution is -2.14. The zero-order chi connectivity index (χ0) is 15.7. The number of aliphatic hydroxyl groups excluding tert-OH is 1. The zero-order valence-corrected chi connectivity index (χ0v) is 12.6. The maximum absolute atomic E-state index is 12.7. The fraction of sp³-hybridized carbons (Fsp3) is 0.158. The number of carbonyl (C=O) groups excluding carboxylic acids is 1. The number of carbonyl (C=O) groups is 1. The Hall–Kier alpha value is -2.68. The van der Waals surface area contributed by atoms with Gasteiger partial charge in [0.15, 0.2) is 5.78 Å². The molecule has 0 saturated carbocycles. The number of benzene rings is 2. The summed E-state index contributed by atoms with van der Waals surface area (Å²) in [6.07, 6.45) is 0. The lowest BCUT2D eigenvalue weighted by atomic mass is 9.99. The molecule has 0 bridgehead atoms. The molecule has 0 saturated heterocycles. The van der Waals surface area contributed by atoms with Crippen molar-refractivity contribution in [3.63, 3.8) is 0 Å². The summed E-state index contributed by atoms with van der Waals surface area (Å²) in [6, 6.07) is 16.6. The summed E-state index contributed by atoms with van der Waals surface area (Å²) in [6.45, 7) is 3.90. The molecule has 0 aromatic heterocycles. The molecule has 3 rings (SSSR count). The molecule has 0 heterocycles. The molecule has 3 heteroatoms. The first-order chi connectivity index (χ1) is 10.6. The first-order valence-electron chi connectivity index (χ1n) is 7.30. The van der Waals surface area contributed by atoms with Crippen LogP contribution in [0.15, 0.2) is 65.2 Å². The third-order valence-electron chi connectivity index (χ3n) is 3.56. The van der Waals surface area contributed by atoms with E-state index in [1.165, 1.54) is 0 Å². The van der Waals surface area contributed by atoms with E-state index in [0.29, 0.717) is 22.4 Å². The van der Waals surface area contributed by atoms with Crippen molar-refractivity contribution < 1.29 is 9.90 Å². The SMILES string of the molecule is CC(C)N=C(C1=C(O)c2ccccc2C1=O)c1ccccc1. The number of fused-ring (bicyclic) bond motifs is 1. The zero-order valence-electron chi connectivity index (χ0n) is 12.6. The van der Waals surface area contributed by atoms with Crippen LogP contribution in [0, 0.1) is 0 Å². The summed E-state index contributed by atoms with van der Waals surface area (Å²) in [5, 5.41) is 10.5. The second kappa shape index (κ2) is 5.60. The number of Topliss-reactive ketones (excluding diaryl/α,β-unsaturated/α-hetero) is 1. The van der Waals surface area contributed by atoms with Gasteiger partial charge in [0.05, 0.1) is 11.3 Å². The Morgan fingerprint density at radius 2 is 1.55 bits per heavy atom. The molecule has 1 N–H and O–H groups in total. The van der Waals surface area contributed by atoms with Crippen LogP contribution in [-0.2, 0) is 0 Å². The third kappa shape index (κ3) is 2.35. The molecule has 110 valence electrons. The van der Waals surface area contributed by atoms with Crippen LogP contribution in [0.4, 0.5) is 0 Å². The third-order valence-corrected chi connectivity index (χ3v) is 3.56. The van der Waals surface area contributed by atoms with Crippen molar-refractivity contribution in [2.24, 2.45) is 4.99 Å². The predicted molar refractivity (Wildman–Crippen MR) is 88.4 cm³/mol. The van der Waals surface area contributed by atoms with Gasteiger partial charge in [0.1, 0.15) is 5.76 Å². The first-order valence-corrected chi connectivity index (χ1v) is 7.30. The maximum atomic E-state index is 12.7. The standard InChI is InChI=1S/C19H17NO2/c1-12(2)20-17(13-8-4-3-5-9-13)16-18(21)14-10-6-7-11-15(14)19(16)22/h3-12,21H,1-2H3. The van der Waals surface area contributed by atoms with Crippen molar-refractivity contribution in [1.29, 1.82) is 0 Å². The van der Waals surface area contributed by atoms with E-state index in [1.54, 1.807) is 18.2 Å². The number of allylic oxidation sites excluding steroid dienone is 1. The van der Waals surface area contributed by atoms with Crippen molar-refractivity contribution in [3.05, 3.63) is 76.9 Å². The van der Waals surface area contributed by atoms with E-state index in [0.717, 1.165) is 5.56 Å². The summed E-state index contributed by atoms with van der Waals surface area (Å²) < 4.78 is 0. The minimum absolute atomic E-state index is 0.0175. The average Bonchev–Trinajstić information content (AvgIpc) is 2.78. The Balaban J connectivity index is 2.19. The predicted octanol–water partition coefficient (Wildman–Crippen LogP) is 4.05. The van der Waals surface area contributed by atoms with Crippen LogP contribution in [0.2, 0.25) is 0 Å². The van der Waals surface area contributed by atoms with Gasteiger partial charge in [-0.25, -0.2) is 0 Å². The Morgan fingerprint density at radius 1 is 0.955 bits per heavy atom. The minimum Gasteiger partial charge on any atom is -0.506 e. The van der Waals surface area contributed by atoms with Crippen LogP contribution in [-0.4, -0.2) is 22.6 Å². The van der Waals surface area contributed by atoms with Crippen LogP contribution in [0.3, 0.4) is 0 Å². The van der Waals surface area contributed by atoms with E-state index in [-0.39, 0.29) is 17.6 Å². The van der Waals surface area contributed by atoms with Gasteiger partial charge in [-0.2, -0.15) is 0 Å². The van der Waals surface area contributed by atoms with Gasteiger partial charge in [0, 0.05) is 22.7 Å². The maximum Gasteiger partial charge on any atom is 0.199 e. The van der Waals surface area contributed by atoms with Crippen molar-refractivity contribution >= 4 is 17.3 Å². The van der Waals surface area contributed by atoms with Crippen LogP contribution >= 0.6 is 0 Å². The Bertz CT molecular complexity index is 786. The summed E-state index contributed by atoms with van der Waals surface area (Å²) in [4.78, 5) is 17.3. The van der Waals surface area contributed by atoms with Gasteiger partial charge in [-0.1, -0.05) is 54.6 Å². The molecule has 2 aromatic carbocycles. The molecule has 0 aliphatic heterocycles. The topological polar surface area (TPSA) is 49.7 Å². The highest BCUT2D eigenvalue weighted by molar-refractivity contribution is 6.39. The molecule has 0 radical (unpaired) electrons. The van der Waals surface area contributed by atoms with Gasteiger partial charge in [-0.3, -0.25) is 9.79 Å². The second-order valence-electron chi connectivity index (χ2n) is 5.54. The lowest BCUT2D eigenvalue weighted by molar-refractivity contribution is 0.104. The smallest absolute Gasteiger partial charge is 0.199 e. The van der Waals surface area contributed by atoms with E-state index >= 15 is 0 Å². The highest BCUT2D eigenvalue weighted by Crippen LogP contribution is 2.33. The molecule has 0 unspecified atom stereocenters. The van der Waals surface area contributed by atoms with Gasteiger partial charge in [0.2, 0.25) is 0 Å². The monoisotopic (exact) mass is 291 g/mol. The number of hydrogen-bond acceptors (Lipinski definition) is 3. The summed E-state index contributed by atoms with van der Waals surface area (Å²) in [7, 11) is 0. The van der Waals surface area contributed by atoms with E-state index in [1.807, 2.05) is 50.2 Å². The number of rotatable bonds is 3. The summed E-state index contributed by atoms with van der Waals surface area (Å²) >= 11 is 0. The molecule has 0 fully saturated rings. The van der Waals surface area contributed by atoms with Gasteiger partial charge in [-0.05, 0) is 13.8 Å². The molecule has 2 aromatic rings. The largest absolute Gasteiger partial charge is 0.506 e. The van der Waals surface area contributed by atoms with Crippen LogP contribution in [0.1, 0.15) is 35.3 Å². The molecule has 0 atom stereocenters. The van der Waals surface area contributed by atoms with Crippen molar-refractivity contribution in [2.45, 2.75) is 19.9 Å². The van der Waals surface area contributed by atoms with E-state index in [9.17, 15) is 9.90 Å². The molecular formula is C19H17NO2. The summed E-state index contributed by atoms with van der Waals surface area (Å²) in [5.74, 6) is -0.153. The molecule has 22 heavy (non-hydrogen) atoms. The minimum atomic E-state index is -0.170. The Labute approximate surface area is 129 Å². The van der Waals surface area contributed by atoms with E-state index < -0.39 is 0 Å². The fourth-order valence-electron chi connectivity index (χ4n) is 2.62. The second-order valence-corrected chi connectivity index (χ2v) is 5.54. The molecule has 1 aliphatic rings. The van der Waals surface area contributed by atoms with E-state index in [4.69, 9.17) is 0 Å². The molecule has 1 aliphatic carbocycles. The number of aliphatic hydroxyl groups is 1. The number of ketones is 1. The lowest BCUT2D eigenvalue weighted by Gasteiger charge is -2.10. The van der Waals surface area contributed by atoms with Crippen molar-refractivity contribution in [1.82, 2.24) is 0 Å². The molecule has 0 amide bonds. The van der Waals surface area contributed by atoms with Gasteiger partial charge < -0.3 is 5.11 Å². The number of aliphatic imine (C=N–C) groups is 1. The molecular weight excluding hydrogens is 274 g/mol. The normalized spacial score (nSPS) is 14.7. The average molecular weight is 291 g/mol. The summed E-state index contributed by atoms with van der Waals surface area (Å²) in [5.41, 5.74) is 2.78. The quantitative estimate of drug-likeness (QED) is 0.867. The van der Waals surface area contributed by atoms with Crippen LogP contribution < -0.4 is 0 Å². The number of nitrogens with zero attached hydrogens (tertiary/aromatic N) is 1. The highest BCUT2D eigenvalue weighted by atomic mass is 16.3. The van der Waals surface area contributed by atoms with Crippen molar-refractivity contribution in [2.75, 3.05) is 0 Å². The van der Waals surface area contributed by atoms with Crippen molar-refractivity contribution in [3.8, 4) is 0 Å². The molecule has 0 spiro atoms.